The summed E-state index contributed by atoms with van der Waals surface area (Å²) in [5.74, 6) is 1.51. The van der Waals surface area contributed by atoms with Crippen LogP contribution in [0.4, 0.5) is 4.39 Å². The Hall–Kier alpha value is -1.37. The van der Waals surface area contributed by atoms with Crippen LogP contribution in [0, 0.1) is 17.3 Å². The third-order valence-corrected chi connectivity index (χ3v) is 10.6. The molecule has 0 aromatic heterocycles. The van der Waals surface area contributed by atoms with Gasteiger partial charge in [-0.1, -0.05) is 6.07 Å². The summed E-state index contributed by atoms with van der Waals surface area (Å²) in [5, 5.41) is 22.3. The van der Waals surface area contributed by atoms with E-state index >= 15 is 0 Å². The van der Waals surface area contributed by atoms with Crippen LogP contribution in [-0.2, 0) is 16.6 Å². The fourth-order valence-corrected chi connectivity index (χ4v) is 9.36. The van der Waals surface area contributed by atoms with Gasteiger partial charge in [-0.15, -0.1) is 0 Å². The Morgan fingerprint density at radius 1 is 1.24 bits per heavy atom. The van der Waals surface area contributed by atoms with E-state index in [4.69, 9.17) is 9.47 Å². The quantitative estimate of drug-likeness (QED) is 0.683. The number of aromatic hydroxyl groups is 1. The number of likely N-dealkylation sites (tertiary alicyclic amines) is 1. The van der Waals surface area contributed by atoms with Crippen molar-refractivity contribution in [3.63, 3.8) is 0 Å². The number of hydrogen-bond acceptors (Lipinski definition) is 5. The predicted octanol–water partition coefficient (Wildman–Crippen LogP) is 3.73. The summed E-state index contributed by atoms with van der Waals surface area (Å²) in [6, 6.07) is 4.30. The van der Waals surface area contributed by atoms with Crippen LogP contribution in [0.2, 0.25) is 0 Å². The maximum atomic E-state index is 13.5. The van der Waals surface area contributed by atoms with Crippen LogP contribution in [0.5, 0.6) is 11.5 Å². The third kappa shape index (κ3) is 2.38. The van der Waals surface area contributed by atoms with Gasteiger partial charge in [0.05, 0.1) is 12.2 Å². The van der Waals surface area contributed by atoms with Gasteiger partial charge in [0.2, 0.25) is 0 Å². The molecule has 2 N–H and O–H groups in total. The Kier molecular flexibility index (Phi) is 4.09. The maximum Gasteiger partial charge on any atom is 0.165 e. The summed E-state index contributed by atoms with van der Waals surface area (Å²) < 4.78 is 26.7. The summed E-state index contributed by atoms with van der Waals surface area (Å²) in [4.78, 5) is 2.76. The van der Waals surface area contributed by atoms with Crippen molar-refractivity contribution < 1.29 is 24.1 Å². The number of ether oxygens (including phenoxy) is 2. The van der Waals surface area contributed by atoms with Crippen LogP contribution in [-0.4, -0.2) is 64.8 Å². The molecule has 4 bridgehead atoms. The molecule has 2 heterocycles. The molecular formula is C27H36FNO4. The molecule has 0 amide bonds. The summed E-state index contributed by atoms with van der Waals surface area (Å²) >= 11 is 0. The number of alkyl halides is 1. The number of piperidine rings is 1. The minimum Gasteiger partial charge on any atom is -0.504 e. The summed E-state index contributed by atoms with van der Waals surface area (Å²) in [6.07, 6.45) is 6.97. The summed E-state index contributed by atoms with van der Waals surface area (Å²) in [5.41, 5.74) is 0.515. The van der Waals surface area contributed by atoms with Crippen molar-refractivity contribution in [2.24, 2.45) is 17.3 Å². The highest BCUT2D eigenvalue weighted by molar-refractivity contribution is 5.63. The van der Waals surface area contributed by atoms with Gasteiger partial charge in [0.1, 0.15) is 18.4 Å². The molecule has 2 aliphatic heterocycles. The average molecular weight is 457 g/mol. The fourth-order valence-electron chi connectivity index (χ4n) is 9.36. The minimum absolute atomic E-state index is 0.0158. The number of nitrogens with zero attached hydrogens (tertiary/aromatic N) is 1. The fraction of sp³-hybridized carbons (Fsp3) is 0.778. The molecule has 2 unspecified atom stereocenters. The second-order valence-electron chi connectivity index (χ2n) is 12.4. The van der Waals surface area contributed by atoms with E-state index in [2.05, 4.69) is 11.0 Å². The van der Waals surface area contributed by atoms with Crippen LogP contribution in [0.25, 0.3) is 0 Å². The van der Waals surface area contributed by atoms with E-state index in [0.29, 0.717) is 11.8 Å². The van der Waals surface area contributed by atoms with Crippen LogP contribution in [0.1, 0.15) is 63.5 Å². The largest absolute Gasteiger partial charge is 0.504 e. The zero-order valence-corrected chi connectivity index (χ0v) is 19.8. The summed E-state index contributed by atoms with van der Waals surface area (Å²) in [7, 11) is 0. The number of phenols is 1. The Balaban J connectivity index is 1.46. The first-order valence-corrected chi connectivity index (χ1v) is 13.0. The molecule has 5 fully saturated rings. The highest BCUT2D eigenvalue weighted by atomic mass is 18.2. The first kappa shape index (κ1) is 21.0. The number of fused-ring (bicyclic) bond motifs is 2. The van der Waals surface area contributed by atoms with Crippen LogP contribution >= 0.6 is 0 Å². The molecule has 33 heavy (non-hydrogen) atoms. The van der Waals surface area contributed by atoms with Gasteiger partial charge in [0.25, 0.3) is 0 Å². The van der Waals surface area contributed by atoms with Crippen molar-refractivity contribution in [2.45, 2.75) is 87.6 Å². The Bertz CT molecular complexity index is 1000. The number of phenolic OH excluding ortho intramolecular Hbond substituents is 1. The minimum atomic E-state index is -0.971. The van der Waals surface area contributed by atoms with Crippen LogP contribution < -0.4 is 4.74 Å². The molecule has 2 spiro atoms. The Labute approximate surface area is 195 Å². The number of rotatable bonds is 6. The summed E-state index contributed by atoms with van der Waals surface area (Å²) in [6.45, 7) is 5.44. The number of halogens is 1. The smallest absolute Gasteiger partial charge is 0.165 e. The second kappa shape index (κ2) is 6.44. The molecule has 1 saturated heterocycles. The molecule has 4 saturated carbocycles. The lowest BCUT2D eigenvalue weighted by Gasteiger charge is -2.75. The first-order valence-electron chi connectivity index (χ1n) is 13.0. The molecule has 1 aromatic carbocycles. The van der Waals surface area contributed by atoms with Crippen molar-refractivity contribution in [1.82, 2.24) is 4.90 Å². The van der Waals surface area contributed by atoms with E-state index in [0.717, 1.165) is 44.6 Å². The number of aliphatic hydroxyl groups is 1. The normalized spacial score (nSPS) is 42.8. The van der Waals surface area contributed by atoms with E-state index in [-0.39, 0.29) is 35.2 Å². The highest BCUT2D eigenvalue weighted by Gasteiger charge is 2.81. The van der Waals surface area contributed by atoms with Crippen LogP contribution in [0.15, 0.2) is 12.1 Å². The molecule has 5 aliphatic carbocycles. The lowest BCUT2D eigenvalue weighted by Crippen LogP contribution is -2.82. The number of hydrogen-bond donors (Lipinski definition) is 2. The zero-order chi connectivity index (χ0) is 22.8. The first-order chi connectivity index (χ1) is 15.8. The Morgan fingerprint density at radius 3 is 2.79 bits per heavy atom. The van der Waals surface area contributed by atoms with Crippen molar-refractivity contribution in [3.05, 3.63) is 23.3 Å². The molecule has 5 nitrogen and oxygen atoms in total. The van der Waals surface area contributed by atoms with Crippen molar-refractivity contribution >= 4 is 0 Å². The van der Waals surface area contributed by atoms with E-state index < -0.39 is 17.9 Å². The molecule has 0 radical (unpaired) electrons. The van der Waals surface area contributed by atoms with Crippen molar-refractivity contribution in [2.75, 3.05) is 26.4 Å². The molecule has 180 valence electrons. The van der Waals surface area contributed by atoms with E-state index in [1.54, 1.807) is 6.07 Å². The van der Waals surface area contributed by atoms with E-state index in [1.807, 2.05) is 13.8 Å². The Morgan fingerprint density at radius 2 is 2.06 bits per heavy atom. The van der Waals surface area contributed by atoms with Gasteiger partial charge in [-0.2, -0.15) is 0 Å². The van der Waals surface area contributed by atoms with Crippen molar-refractivity contribution in [1.29, 1.82) is 0 Å². The topological polar surface area (TPSA) is 62.2 Å². The van der Waals surface area contributed by atoms with Gasteiger partial charge in [0, 0.05) is 34.9 Å². The maximum absolute atomic E-state index is 13.5. The molecule has 1 aromatic rings. The average Bonchev–Trinajstić information content (AvgIpc) is 3.52. The lowest BCUT2D eigenvalue weighted by atomic mass is 9.34. The zero-order valence-electron chi connectivity index (χ0n) is 19.8. The second-order valence-corrected chi connectivity index (χ2v) is 12.4. The van der Waals surface area contributed by atoms with E-state index in [9.17, 15) is 14.6 Å². The van der Waals surface area contributed by atoms with Gasteiger partial charge in [0.15, 0.2) is 11.5 Å². The van der Waals surface area contributed by atoms with Gasteiger partial charge >= 0.3 is 0 Å². The van der Waals surface area contributed by atoms with E-state index in [1.165, 1.54) is 30.5 Å². The number of benzene rings is 1. The van der Waals surface area contributed by atoms with Gasteiger partial charge < -0.3 is 19.7 Å². The molecule has 6 atom stereocenters. The highest BCUT2D eigenvalue weighted by Crippen LogP contribution is 2.77. The van der Waals surface area contributed by atoms with Gasteiger partial charge in [-0.05, 0) is 82.9 Å². The standard InChI is InChI=1S/C27H36FNO4/c1-24(2,31)19-14-25-7-8-27(19,32-12-10-28)23-26(25)9-11-29(15-16-3-4-16)20(25)13-17-5-6-18(30)22(33-23)21(17)26/h5-6,16,19-20,23,30-31H,3-4,7-15H2,1-2H3/t19-,20?,23?,25-,26+,27-/m1/s1/i28-1. The lowest BCUT2D eigenvalue weighted by molar-refractivity contribution is -0.307. The molecule has 8 rings (SSSR count). The predicted molar refractivity (Wildman–Crippen MR) is 121 cm³/mol. The van der Waals surface area contributed by atoms with Gasteiger partial charge in [-0.25, -0.2) is 4.39 Å². The SMILES string of the molecule is CC(C)(O)[C@H]1C[C@@]23CC[C@]1(OCC[18F])C1Oc4c(O)ccc5c4[C@@]12CCN(CC1CC1)C3C5. The van der Waals surface area contributed by atoms with Crippen LogP contribution in [0.3, 0.4) is 0 Å². The van der Waals surface area contributed by atoms with Gasteiger partial charge in [-0.3, -0.25) is 4.90 Å². The molecule has 6 heteroatoms. The molecular weight excluding hydrogens is 420 g/mol. The van der Waals surface area contributed by atoms with Crippen molar-refractivity contribution in [3.8, 4) is 11.5 Å². The monoisotopic (exact) mass is 456 g/mol. The molecule has 7 aliphatic rings. The third-order valence-electron chi connectivity index (χ3n) is 10.6.